The van der Waals surface area contributed by atoms with Crippen molar-refractivity contribution in [3.63, 3.8) is 0 Å². The minimum absolute atomic E-state index is 0.415. The highest BCUT2D eigenvalue weighted by Gasteiger charge is 2.09. The molecule has 1 heterocycles. The van der Waals surface area contributed by atoms with Crippen LogP contribution in [-0.2, 0) is 0 Å². The zero-order valence-corrected chi connectivity index (χ0v) is 10.9. The lowest BCUT2D eigenvalue weighted by atomic mass is 10.3. The monoisotopic (exact) mass is 270 g/mol. The molecule has 1 nitrogen and oxygen atoms in total. The van der Waals surface area contributed by atoms with Gasteiger partial charge in [0, 0.05) is 15.5 Å². The lowest BCUT2D eigenvalue weighted by Crippen LogP contribution is -1.97. The van der Waals surface area contributed by atoms with Crippen molar-refractivity contribution in [2.24, 2.45) is 0 Å². The third-order valence-corrected chi connectivity index (χ3v) is 4.67. The van der Waals surface area contributed by atoms with E-state index in [9.17, 15) is 5.11 Å². The summed E-state index contributed by atoms with van der Waals surface area (Å²) < 4.78 is 0. The normalized spacial score (nSPS) is 12.6. The van der Waals surface area contributed by atoms with Gasteiger partial charge in [0.1, 0.15) is 0 Å². The van der Waals surface area contributed by atoms with Crippen LogP contribution in [0.3, 0.4) is 0 Å². The fourth-order valence-electron chi connectivity index (χ4n) is 1.29. The molecule has 2 rings (SSSR count). The third kappa shape index (κ3) is 3.01. The quantitative estimate of drug-likeness (QED) is 0.839. The van der Waals surface area contributed by atoms with Crippen molar-refractivity contribution in [2.45, 2.75) is 11.0 Å². The topological polar surface area (TPSA) is 20.2 Å². The molecule has 0 bridgehead atoms. The Labute approximate surface area is 108 Å². The van der Waals surface area contributed by atoms with Gasteiger partial charge in [0.25, 0.3) is 0 Å². The highest BCUT2D eigenvalue weighted by atomic mass is 35.5. The summed E-state index contributed by atoms with van der Waals surface area (Å²) in [6.45, 7) is 0. The summed E-state index contributed by atoms with van der Waals surface area (Å²) in [5, 5.41) is 12.6. The largest absolute Gasteiger partial charge is 0.387 e. The predicted molar refractivity (Wildman–Crippen MR) is 71.5 cm³/mol. The van der Waals surface area contributed by atoms with Crippen LogP contribution in [0.2, 0.25) is 5.02 Å². The van der Waals surface area contributed by atoms with Crippen LogP contribution in [0.25, 0.3) is 0 Å². The van der Waals surface area contributed by atoms with E-state index in [1.807, 2.05) is 41.8 Å². The van der Waals surface area contributed by atoms with E-state index in [0.29, 0.717) is 5.75 Å². The number of thioether (sulfide) groups is 1. The second-order valence-electron chi connectivity index (χ2n) is 3.27. The molecule has 1 aromatic heterocycles. The van der Waals surface area contributed by atoms with Crippen LogP contribution in [0.4, 0.5) is 0 Å². The van der Waals surface area contributed by atoms with Gasteiger partial charge in [-0.1, -0.05) is 29.8 Å². The van der Waals surface area contributed by atoms with Gasteiger partial charge in [0.2, 0.25) is 0 Å². The Morgan fingerprint density at radius 2 is 2.06 bits per heavy atom. The van der Waals surface area contributed by atoms with Crippen molar-refractivity contribution in [3.05, 3.63) is 51.7 Å². The van der Waals surface area contributed by atoms with E-state index in [4.69, 9.17) is 11.6 Å². The molecule has 0 aliphatic heterocycles. The molecule has 0 spiro atoms. The summed E-state index contributed by atoms with van der Waals surface area (Å²) in [5.41, 5.74) is 0. The predicted octanol–water partition coefficient (Wildman–Crippen LogP) is 4.23. The average molecular weight is 271 g/mol. The lowest BCUT2D eigenvalue weighted by Gasteiger charge is -2.08. The van der Waals surface area contributed by atoms with Gasteiger partial charge in [-0.3, -0.25) is 0 Å². The molecule has 0 amide bonds. The summed E-state index contributed by atoms with van der Waals surface area (Å²) in [6.07, 6.45) is -0.415. The highest BCUT2D eigenvalue weighted by molar-refractivity contribution is 7.99. The summed E-state index contributed by atoms with van der Waals surface area (Å²) in [6, 6.07) is 11.6. The molecule has 0 saturated carbocycles. The summed E-state index contributed by atoms with van der Waals surface area (Å²) >= 11 is 9.18. The van der Waals surface area contributed by atoms with Gasteiger partial charge in [0.05, 0.1) is 11.1 Å². The molecule has 1 atom stereocenters. The number of benzene rings is 1. The minimum Gasteiger partial charge on any atom is -0.387 e. The maximum atomic E-state index is 9.91. The number of hydrogen-bond acceptors (Lipinski definition) is 3. The van der Waals surface area contributed by atoms with Crippen molar-refractivity contribution in [2.75, 3.05) is 5.75 Å². The van der Waals surface area contributed by atoms with E-state index in [1.165, 1.54) is 0 Å². The second-order valence-corrected chi connectivity index (χ2v) is 5.72. The number of aliphatic hydroxyl groups is 1. The van der Waals surface area contributed by atoms with Crippen molar-refractivity contribution in [3.8, 4) is 0 Å². The average Bonchev–Trinajstić information content (AvgIpc) is 2.81. The van der Waals surface area contributed by atoms with Gasteiger partial charge in [-0.15, -0.1) is 23.1 Å². The second kappa shape index (κ2) is 5.73. The third-order valence-electron chi connectivity index (χ3n) is 2.10. The number of aliphatic hydroxyl groups excluding tert-OH is 1. The fraction of sp³-hybridized carbons (Fsp3) is 0.167. The van der Waals surface area contributed by atoms with Gasteiger partial charge in [-0.25, -0.2) is 0 Å². The molecule has 1 unspecified atom stereocenters. The first-order valence-corrected chi connectivity index (χ1v) is 7.10. The number of thiophene rings is 1. The van der Waals surface area contributed by atoms with Crippen LogP contribution in [0.15, 0.2) is 46.7 Å². The van der Waals surface area contributed by atoms with E-state index in [-0.39, 0.29) is 0 Å². The first-order valence-electron chi connectivity index (χ1n) is 4.86. The molecule has 16 heavy (non-hydrogen) atoms. The van der Waals surface area contributed by atoms with E-state index in [1.54, 1.807) is 23.1 Å². The van der Waals surface area contributed by atoms with Gasteiger partial charge in [0.15, 0.2) is 0 Å². The van der Waals surface area contributed by atoms with Crippen LogP contribution in [0, 0.1) is 0 Å². The molecule has 1 aromatic carbocycles. The highest BCUT2D eigenvalue weighted by Crippen LogP contribution is 2.31. The zero-order valence-electron chi connectivity index (χ0n) is 8.47. The van der Waals surface area contributed by atoms with Crippen LogP contribution in [0.5, 0.6) is 0 Å². The SMILES string of the molecule is OC(CSc1ccccc1Cl)c1cccs1. The zero-order chi connectivity index (χ0) is 11.4. The van der Waals surface area contributed by atoms with Crippen LogP contribution in [-0.4, -0.2) is 10.9 Å². The maximum Gasteiger partial charge on any atom is 0.0975 e. The summed E-state index contributed by atoms with van der Waals surface area (Å²) in [7, 11) is 0. The molecule has 2 aromatic rings. The van der Waals surface area contributed by atoms with Gasteiger partial charge in [-0.2, -0.15) is 0 Å². The Hall–Kier alpha value is -0.480. The van der Waals surface area contributed by atoms with Crippen molar-refractivity contribution < 1.29 is 5.11 Å². The summed E-state index contributed by atoms with van der Waals surface area (Å²) in [4.78, 5) is 2.01. The molecule has 84 valence electrons. The van der Waals surface area contributed by atoms with Gasteiger partial charge < -0.3 is 5.11 Å². The first-order chi connectivity index (χ1) is 7.77. The Morgan fingerprint density at radius 1 is 1.25 bits per heavy atom. The van der Waals surface area contributed by atoms with Crippen LogP contribution in [0.1, 0.15) is 11.0 Å². The molecular weight excluding hydrogens is 260 g/mol. The number of hydrogen-bond donors (Lipinski definition) is 1. The Bertz CT molecular complexity index is 442. The van der Waals surface area contributed by atoms with Crippen LogP contribution < -0.4 is 0 Å². The molecular formula is C12H11ClOS2. The van der Waals surface area contributed by atoms with Crippen molar-refractivity contribution in [1.29, 1.82) is 0 Å². The number of halogens is 1. The minimum atomic E-state index is -0.415. The fourth-order valence-corrected chi connectivity index (χ4v) is 3.31. The molecule has 0 aliphatic carbocycles. The van der Waals surface area contributed by atoms with E-state index in [0.717, 1.165) is 14.8 Å². The molecule has 0 fully saturated rings. The first kappa shape index (κ1) is 12.0. The maximum absolute atomic E-state index is 9.91. The van der Waals surface area contributed by atoms with Crippen molar-refractivity contribution >= 4 is 34.7 Å². The molecule has 0 radical (unpaired) electrons. The van der Waals surface area contributed by atoms with E-state index >= 15 is 0 Å². The van der Waals surface area contributed by atoms with E-state index < -0.39 is 6.10 Å². The molecule has 0 aliphatic rings. The molecule has 1 N–H and O–H groups in total. The molecule has 4 heteroatoms. The number of rotatable bonds is 4. The van der Waals surface area contributed by atoms with Gasteiger partial charge in [-0.05, 0) is 23.6 Å². The summed E-state index contributed by atoms with van der Waals surface area (Å²) in [5.74, 6) is 0.629. The van der Waals surface area contributed by atoms with E-state index in [2.05, 4.69) is 0 Å². The van der Waals surface area contributed by atoms with Crippen LogP contribution >= 0.6 is 34.7 Å². The smallest absolute Gasteiger partial charge is 0.0975 e. The standard InChI is InChI=1S/C12H11ClOS2/c13-9-4-1-2-5-11(9)16-8-10(14)12-6-3-7-15-12/h1-7,10,14H,8H2. The Morgan fingerprint density at radius 3 is 2.75 bits per heavy atom. The molecule has 0 saturated heterocycles. The van der Waals surface area contributed by atoms with Gasteiger partial charge >= 0.3 is 0 Å². The Balaban J connectivity index is 1.95. The lowest BCUT2D eigenvalue weighted by molar-refractivity contribution is 0.208. The Kier molecular flexibility index (Phi) is 4.29. The van der Waals surface area contributed by atoms with Crippen molar-refractivity contribution in [1.82, 2.24) is 0 Å².